The molecular weight excluding hydrogens is 1070 g/mol. The zero-order valence-corrected chi connectivity index (χ0v) is 55.2. The van der Waals surface area contributed by atoms with Crippen LogP contribution in [0.5, 0.6) is 0 Å². The molecule has 0 bridgehead atoms. The van der Waals surface area contributed by atoms with Crippen LogP contribution in [0.25, 0.3) is 0 Å². The Hall–Kier alpha value is -4.11. The first-order chi connectivity index (χ1) is 41.8. The van der Waals surface area contributed by atoms with Gasteiger partial charge in [-0.15, -0.1) is 0 Å². The Labute approximate surface area is 522 Å². The van der Waals surface area contributed by atoms with Crippen molar-refractivity contribution in [2.45, 2.75) is 290 Å². The molecule has 0 aromatic carbocycles. The summed E-state index contributed by atoms with van der Waals surface area (Å²) in [7, 11) is -4.40. The highest BCUT2D eigenvalue weighted by Gasteiger charge is 2.26. The SMILES string of the molecule is CC/C=C\C/C=C\C/C=C\C/C=C\C/C=C\C/C=C\C/C=C\CCCCCCCCCCCCCCCCCCCC(=O)OC(COC(=O)CCCCCCCCCCC/C=C\C/C=C\C/C=C\C/C=C\C/C=C\CC)COP(=O)(O)OCCN. The van der Waals surface area contributed by atoms with E-state index in [9.17, 15) is 19.0 Å². The standard InChI is InChI=1S/C75H126NO8P/c1-3-5-7-9-11-13-15-17-19-21-23-25-27-29-30-31-32-33-34-35-36-37-38-39-40-41-42-44-46-48-50-52-54-56-58-60-62-64-66-68-75(78)84-73(72-83-85(79,80)82-70-69-76)71-81-74(77)67-65-63-61-59-57-55-53-51-49-47-45-43-28-26-24-22-20-18-16-14-12-10-8-6-4-2/h5-8,11-14,17-20,23-26,29-30,32-33,35-36,43,45,73H,3-4,9-10,15-16,21-22,27-28,31,34,37-42,44,46-72,76H2,1-2H3,(H,79,80)/b7-5-,8-6-,13-11-,14-12-,19-17-,20-18-,25-23-,26-24-,30-29-,33-32-,36-35-,45-43-. The Kier molecular flexibility index (Phi) is 65.7. The summed E-state index contributed by atoms with van der Waals surface area (Å²) in [6.07, 6.45) is 99.3. The van der Waals surface area contributed by atoms with Gasteiger partial charge in [0, 0.05) is 19.4 Å². The van der Waals surface area contributed by atoms with Crippen molar-refractivity contribution in [2.24, 2.45) is 5.73 Å². The third kappa shape index (κ3) is 68.9. The lowest BCUT2D eigenvalue weighted by molar-refractivity contribution is -0.161. The number of carbonyl (C=O) groups excluding carboxylic acids is 2. The molecule has 85 heavy (non-hydrogen) atoms. The van der Waals surface area contributed by atoms with Gasteiger partial charge in [0.05, 0.1) is 13.2 Å². The molecule has 0 aliphatic rings. The number of hydrogen-bond acceptors (Lipinski definition) is 8. The van der Waals surface area contributed by atoms with Gasteiger partial charge >= 0.3 is 19.8 Å². The van der Waals surface area contributed by atoms with Crippen LogP contribution in [0.2, 0.25) is 0 Å². The fourth-order valence-electron chi connectivity index (χ4n) is 9.23. The number of ether oxygens (including phenoxy) is 2. The van der Waals surface area contributed by atoms with E-state index < -0.39 is 26.5 Å². The Balaban J connectivity index is 3.90. The summed E-state index contributed by atoms with van der Waals surface area (Å²) in [6.45, 7) is 3.52. The number of nitrogens with two attached hydrogens (primary N) is 1. The average Bonchev–Trinajstić information content (AvgIpc) is 3.53. The van der Waals surface area contributed by atoms with Crippen LogP contribution in [0.4, 0.5) is 0 Å². The zero-order chi connectivity index (χ0) is 61.6. The van der Waals surface area contributed by atoms with E-state index in [1.54, 1.807) is 0 Å². The summed E-state index contributed by atoms with van der Waals surface area (Å²) >= 11 is 0. The number of phosphoric acid groups is 1. The van der Waals surface area contributed by atoms with Gasteiger partial charge in [0.1, 0.15) is 6.61 Å². The Morgan fingerprint density at radius 1 is 0.353 bits per heavy atom. The maximum absolute atomic E-state index is 12.8. The number of allylic oxidation sites excluding steroid dienone is 24. The molecule has 0 fully saturated rings. The van der Waals surface area contributed by atoms with E-state index in [1.165, 1.54) is 122 Å². The van der Waals surface area contributed by atoms with E-state index in [4.69, 9.17) is 24.3 Å². The fraction of sp³-hybridized carbons (Fsp3) is 0.653. The molecule has 0 saturated heterocycles. The molecule has 9 nitrogen and oxygen atoms in total. The monoisotopic (exact) mass is 1200 g/mol. The second kappa shape index (κ2) is 69.0. The summed E-state index contributed by atoms with van der Waals surface area (Å²) in [4.78, 5) is 35.3. The van der Waals surface area contributed by atoms with E-state index in [0.717, 1.165) is 128 Å². The van der Waals surface area contributed by atoms with Gasteiger partial charge in [-0.2, -0.15) is 0 Å². The predicted octanol–water partition coefficient (Wildman–Crippen LogP) is 22.6. The highest BCUT2D eigenvalue weighted by Crippen LogP contribution is 2.43. The first-order valence-electron chi connectivity index (χ1n) is 34.3. The van der Waals surface area contributed by atoms with Crippen molar-refractivity contribution in [3.63, 3.8) is 0 Å². The summed E-state index contributed by atoms with van der Waals surface area (Å²) < 4.78 is 33.2. The molecular formula is C75H126NO8P. The summed E-state index contributed by atoms with van der Waals surface area (Å²) in [5, 5.41) is 0. The third-order valence-corrected chi connectivity index (χ3v) is 15.2. The normalized spacial score (nSPS) is 13.9. The van der Waals surface area contributed by atoms with E-state index in [-0.39, 0.29) is 38.6 Å². The molecule has 0 aliphatic heterocycles. The molecule has 3 N–H and O–H groups in total. The lowest BCUT2D eigenvalue weighted by atomic mass is 10.0. The van der Waals surface area contributed by atoms with Crippen molar-refractivity contribution >= 4 is 19.8 Å². The first kappa shape index (κ1) is 80.9. The number of hydrogen-bond donors (Lipinski definition) is 2. The molecule has 2 atom stereocenters. The van der Waals surface area contributed by atoms with Crippen LogP contribution in [-0.2, 0) is 32.7 Å². The second-order valence-corrected chi connectivity index (χ2v) is 23.7. The largest absolute Gasteiger partial charge is 0.472 e. The minimum atomic E-state index is -4.40. The lowest BCUT2D eigenvalue weighted by Crippen LogP contribution is -2.29. The molecule has 2 unspecified atom stereocenters. The van der Waals surface area contributed by atoms with Gasteiger partial charge < -0.3 is 20.1 Å². The molecule has 0 radical (unpaired) electrons. The van der Waals surface area contributed by atoms with Crippen molar-refractivity contribution < 1.29 is 37.6 Å². The van der Waals surface area contributed by atoms with Gasteiger partial charge in [-0.05, 0) is 116 Å². The Morgan fingerprint density at radius 3 is 0.906 bits per heavy atom. The summed E-state index contributed by atoms with van der Waals surface area (Å²) in [5.41, 5.74) is 5.40. The Bertz CT molecular complexity index is 1900. The maximum Gasteiger partial charge on any atom is 0.472 e. The summed E-state index contributed by atoms with van der Waals surface area (Å²) in [5.74, 6) is -0.835. The van der Waals surface area contributed by atoms with E-state index >= 15 is 0 Å². The lowest BCUT2D eigenvalue weighted by Gasteiger charge is -2.19. The highest BCUT2D eigenvalue weighted by atomic mass is 31.2. The highest BCUT2D eigenvalue weighted by molar-refractivity contribution is 7.47. The maximum atomic E-state index is 12.8. The van der Waals surface area contributed by atoms with E-state index in [0.29, 0.717) is 6.42 Å². The third-order valence-electron chi connectivity index (χ3n) is 14.2. The molecule has 0 saturated carbocycles. The number of unbranched alkanes of at least 4 members (excludes halogenated alkanes) is 26. The molecule has 0 aromatic heterocycles. The van der Waals surface area contributed by atoms with Crippen molar-refractivity contribution in [1.82, 2.24) is 0 Å². The number of phosphoric ester groups is 1. The van der Waals surface area contributed by atoms with Crippen molar-refractivity contribution in [1.29, 1.82) is 0 Å². The van der Waals surface area contributed by atoms with Crippen LogP contribution in [0.3, 0.4) is 0 Å². The van der Waals surface area contributed by atoms with Crippen LogP contribution >= 0.6 is 7.82 Å². The van der Waals surface area contributed by atoms with E-state index in [1.807, 2.05) is 0 Å². The molecule has 0 aliphatic carbocycles. The van der Waals surface area contributed by atoms with Crippen molar-refractivity contribution in [2.75, 3.05) is 26.4 Å². The van der Waals surface area contributed by atoms with Gasteiger partial charge in [-0.3, -0.25) is 18.6 Å². The summed E-state index contributed by atoms with van der Waals surface area (Å²) in [6, 6.07) is 0. The quantitative estimate of drug-likeness (QED) is 0.0264. The predicted molar refractivity (Wildman–Crippen MR) is 367 cm³/mol. The van der Waals surface area contributed by atoms with Crippen LogP contribution in [-0.4, -0.2) is 49.3 Å². The molecule has 0 amide bonds. The molecule has 0 spiro atoms. The smallest absolute Gasteiger partial charge is 0.462 e. The molecule has 0 rings (SSSR count). The van der Waals surface area contributed by atoms with Crippen LogP contribution in [0, 0.1) is 0 Å². The van der Waals surface area contributed by atoms with Gasteiger partial charge in [0.15, 0.2) is 6.10 Å². The van der Waals surface area contributed by atoms with Gasteiger partial charge in [-0.25, -0.2) is 4.57 Å². The topological polar surface area (TPSA) is 134 Å². The van der Waals surface area contributed by atoms with Crippen molar-refractivity contribution in [3.05, 3.63) is 146 Å². The minimum Gasteiger partial charge on any atom is -0.462 e. The van der Waals surface area contributed by atoms with Crippen molar-refractivity contribution in [3.8, 4) is 0 Å². The van der Waals surface area contributed by atoms with Gasteiger partial charge in [0.25, 0.3) is 0 Å². The molecule has 0 aromatic rings. The first-order valence-corrected chi connectivity index (χ1v) is 35.8. The van der Waals surface area contributed by atoms with Crippen LogP contribution < -0.4 is 5.73 Å². The zero-order valence-electron chi connectivity index (χ0n) is 54.3. The minimum absolute atomic E-state index is 0.0472. The van der Waals surface area contributed by atoms with Crippen LogP contribution in [0.1, 0.15) is 284 Å². The fourth-order valence-corrected chi connectivity index (χ4v) is 10.00. The van der Waals surface area contributed by atoms with Gasteiger partial charge in [0.2, 0.25) is 0 Å². The van der Waals surface area contributed by atoms with Crippen LogP contribution in [0.15, 0.2) is 146 Å². The number of carbonyl (C=O) groups is 2. The number of esters is 2. The molecule has 484 valence electrons. The van der Waals surface area contributed by atoms with Gasteiger partial charge in [-0.1, -0.05) is 301 Å². The average molecular weight is 1200 g/mol. The molecule has 10 heteroatoms. The molecule has 0 heterocycles. The van der Waals surface area contributed by atoms with E-state index in [2.05, 4.69) is 160 Å². The second-order valence-electron chi connectivity index (χ2n) is 22.3. The Morgan fingerprint density at radius 2 is 0.612 bits per heavy atom. The number of rotatable bonds is 63.